The van der Waals surface area contributed by atoms with Crippen LogP contribution in [-0.4, -0.2) is 23.8 Å². The van der Waals surface area contributed by atoms with E-state index in [1.807, 2.05) is 44.2 Å². The number of Topliss-reactive ketones (excluding diaryl/α,β-unsaturated/α-hetero) is 1. The Morgan fingerprint density at radius 2 is 1.80 bits per heavy atom. The first-order valence-electron chi connectivity index (χ1n) is 7.00. The number of amides is 1. The summed E-state index contributed by atoms with van der Waals surface area (Å²) in [4.78, 5) is 23.7. The number of ketones is 1. The van der Waals surface area contributed by atoms with E-state index in [4.69, 9.17) is 5.73 Å². The van der Waals surface area contributed by atoms with Crippen molar-refractivity contribution in [2.75, 3.05) is 0 Å². The van der Waals surface area contributed by atoms with Gasteiger partial charge >= 0.3 is 0 Å². The third-order valence-corrected chi connectivity index (χ3v) is 3.15. The van der Waals surface area contributed by atoms with Gasteiger partial charge in [0, 0.05) is 0 Å². The number of nitrogens with two attached hydrogens (primary N) is 1. The van der Waals surface area contributed by atoms with Crippen LogP contribution in [0.15, 0.2) is 30.3 Å². The van der Waals surface area contributed by atoms with Gasteiger partial charge in [-0.15, -0.1) is 0 Å². The highest BCUT2D eigenvalue weighted by atomic mass is 16.2. The molecule has 4 nitrogen and oxygen atoms in total. The second kappa shape index (κ2) is 7.80. The van der Waals surface area contributed by atoms with Gasteiger partial charge in [0.15, 0.2) is 5.78 Å². The van der Waals surface area contributed by atoms with Crippen LogP contribution in [-0.2, 0) is 16.0 Å². The summed E-state index contributed by atoms with van der Waals surface area (Å²) in [5.41, 5.74) is 6.86. The third kappa shape index (κ3) is 5.53. The Balaban J connectivity index is 2.64. The summed E-state index contributed by atoms with van der Waals surface area (Å²) in [6.45, 7) is 5.51. The minimum absolute atomic E-state index is 0.0565. The highest BCUT2D eigenvalue weighted by Crippen LogP contribution is 2.06. The van der Waals surface area contributed by atoms with Gasteiger partial charge in [-0.25, -0.2) is 0 Å². The molecule has 0 aliphatic carbocycles. The molecule has 0 aliphatic heterocycles. The Hall–Kier alpha value is -1.68. The minimum atomic E-state index is -0.562. The molecule has 20 heavy (non-hydrogen) atoms. The number of rotatable bonds is 7. The molecule has 0 aliphatic rings. The van der Waals surface area contributed by atoms with Gasteiger partial charge in [0.2, 0.25) is 5.91 Å². The normalized spacial score (nSPS) is 13.8. The predicted molar refractivity (Wildman–Crippen MR) is 80.2 cm³/mol. The Kier molecular flexibility index (Phi) is 6.39. The summed E-state index contributed by atoms with van der Waals surface area (Å²) in [5.74, 6) is 0.0365. The van der Waals surface area contributed by atoms with E-state index in [1.165, 1.54) is 6.92 Å². The van der Waals surface area contributed by atoms with E-state index in [9.17, 15) is 9.59 Å². The summed E-state index contributed by atoms with van der Waals surface area (Å²) in [6.07, 6.45) is 1.11. The zero-order valence-corrected chi connectivity index (χ0v) is 12.4. The highest BCUT2D eigenvalue weighted by molar-refractivity contribution is 5.89. The second-order valence-corrected chi connectivity index (χ2v) is 5.60. The van der Waals surface area contributed by atoms with Gasteiger partial charge in [0.25, 0.3) is 0 Å². The number of hydrogen-bond donors (Lipinski definition) is 2. The quantitative estimate of drug-likeness (QED) is 0.796. The van der Waals surface area contributed by atoms with Crippen LogP contribution in [0.3, 0.4) is 0 Å². The average Bonchev–Trinajstić information content (AvgIpc) is 2.38. The molecule has 0 heterocycles. The molecule has 0 spiro atoms. The topological polar surface area (TPSA) is 72.2 Å². The molecule has 1 rings (SSSR count). The fraction of sp³-hybridized carbons (Fsp3) is 0.500. The predicted octanol–water partition coefficient (Wildman–Crippen LogP) is 1.68. The molecule has 0 bridgehead atoms. The van der Waals surface area contributed by atoms with Gasteiger partial charge in [-0.3, -0.25) is 9.59 Å². The van der Waals surface area contributed by atoms with Crippen LogP contribution < -0.4 is 11.1 Å². The molecular weight excluding hydrogens is 252 g/mol. The lowest BCUT2D eigenvalue weighted by Crippen LogP contribution is -2.49. The van der Waals surface area contributed by atoms with Gasteiger partial charge < -0.3 is 11.1 Å². The maximum absolute atomic E-state index is 12.0. The molecule has 0 fully saturated rings. The molecular formula is C16H24N2O2. The van der Waals surface area contributed by atoms with Crippen LogP contribution in [0.4, 0.5) is 0 Å². The van der Waals surface area contributed by atoms with Crippen molar-refractivity contribution in [3.63, 3.8) is 0 Å². The smallest absolute Gasteiger partial charge is 0.237 e. The van der Waals surface area contributed by atoms with Crippen LogP contribution in [0.2, 0.25) is 0 Å². The molecule has 4 heteroatoms. The number of carbonyl (C=O) groups is 2. The van der Waals surface area contributed by atoms with Gasteiger partial charge in [-0.2, -0.15) is 0 Å². The van der Waals surface area contributed by atoms with E-state index in [1.54, 1.807) is 0 Å². The molecule has 0 saturated heterocycles. The summed E-state index contributed by atoms with van der Waals surface area (Å²) in [7, 11) is 0. The second-order valence-electron chi connectivity index (χ2n) is 5.60. The van der Waals surface area contributed by atoms with Crippen molar-refractivity contribution in [1.82, 2.24) is 5.32 Å². The third-order valence-electron chi connectivity index (χ3n) is 3.15. The number of hydrogen-bond acceptors (Lipinski definition) is 3. The van der Waals surface area contributed by atoms with Crippen molar-refractivity contribution in [2.24, 2.45) is 11.7 Å². The van der Waals surface area contributed by atoms with Gasteiger partial charge in [-0.1, -0.05) is 44.2 Å². The fourth-order valence-electron chi connectivity index (χ4n) is 2.04. The lowest BCUT2D eigenvalue weighted by Gasteiger charge is -2.20. The Morgan fingerprint density at radius 1 is 1.20 bits per heavy atom. The maximum atomic E-state index is 12.0. The SMILES string of the molecule is CC(=O)C(Cc1ccccc1)NC(=O)C(N)CC(C)C. The molecule has 1 aromatic rings. The average molecular weight is 276 g/mol. The maximum Gasteiger partial charge on any atom is 0.237 e. The number of carbonyl (C=O) groups excluding carboxylic acids is 2. The van der Waals surface area contributed by atoms with Crippen LogP contribution in [0.5, 0.6) is 0 Å². The fourth-order valence-corrected chi connectivity index (χ4v) is 2.04. The minimum Gasteiger partial charge on any atom is -0.345 e. The van der Waals surface area contributed by atoms with Gasteiger partial charge in [0.05, 0.1) is 12.1 Å². The van der Waals surface area contributed by atoms with E-state index in [2.05, 4.69) is 5.32 Å². The highest BCUT2D eigenvalue weighted by Gasteiger charge is 2.21. The molecule has 2 atom stereocenters. The van der Waals surface area contributed by atoms with Crippen LogP contribution >= 0.6 is 0 Å². The standard InChI is InChI=1S/C16H24N2O2/c1-11(2)9-14(17)16(20)18-15(12(3)19)10-13-7-5-4-6-8-13/h4-8,11,14-15H,9-10,17H2,1-3H3,(H,18,20). The Bertz CT molecular complexity index is 443. The van der Waals surface area contributed by atoms with E-state index in [0.29, 0.717) is 18.8 Å². The first-order valence-corrected chi connectivity index (χ1v) is 7.00. The lowest BCUT2D eigenvalue weighted by atomic mass is 10.0. The van der Waals surface area contributed by atoms with E-state index < -0.39 is 12.1 Å². The Morgan fingerprint density at radius 3 is 2.30 bits per heavy atom. The van der Waals surface area contributed by atoms with Crippen molar-refractivity contribution in [3.05, 3.63) is 35.9 Å². The van der Waals surface area contributed by atoms with E-state index in [0.717, 1.165) is 5.56 Å². The van der Waals surface area contributed by atoms with Gasteiger partial charge in [-0.05, 0) is 31.2 Å². The molecule has 3 N–H and O–H groups in total. The monoisotopic (exact) mass is 276 g/mol. The molecule has 1 aromatic carbocycles. The molecule has 110 valence electrons. The largest absolute Gasteiger partial charge is 0.345 e. The first kappa shape index (κ1) is 16.4. The number of benzene rings is 1. The van der Waals surface area contributed by atoms with Crippen molar-refractivity contribution in [3.8, 4) is 0 Å². The van der Waals surface area contributed by atoms with E-state index >= 15 is 0 Å². The summed E-state index contributed by atoms with van der Waals surface area (Å²) >= 11 is 0. The van der Waals surface area contributed by atoms with Crippen molar-refractivity contribution in [1.29, 1.82) is 0 Å². The Labute approximate surface area is 120 Å². The zero-order valence-electron chi connectivity index (χ0n) is 12.4. The first-order chi connectivity index (χ1) is 9.40. The molecule has 0 saturated carbocycles. The van der Waals surface area contributed by atoms with Crippen molar-refractivity contribution in [2.45, 2.75) is 45.7 Å². The number of nitrogens with one attached hydrogen (secondary N) is 1. The van der Waals surface area contributed by atoms with Crippen LogP contribution in [0.1, 0.15) is 32.8 Å². The molecule has 0 aromatic heterocycles. The summed E-state index contributed by atoms with van der Waals surface area (Å²) in [6, 6.07) is 8.56. The van der Waals surface area contributed by atoms with Crippen LogP contribution in [0.25, 0.3) is 0 Å². The van der Waals surface area contributed by atoms with Crippen LogP contribution in [0, 0.1) is 5.92 Å². The molecule has 1 amide bonds. The van der Waals surface area contributed by atoms with E-state index in [-0.39, 0.29) is 11.7 Å². The molecule has 0 radical (unpaired) electrons. The van der Waals surface area contributed by atoms with Crippen molar-refractivity contribution < 1.29 is 9.59 Å². The molecule has 2 unspecified atom stereocenters. The zero-order chi connectivity index (χ0) is 15.1. The van der Waals surface area contributed by atoms with Crippen molar-refractivity contribution >= 4 is 11.7 Å². The summed E-state index contributed by atoms with van der Waals surface area (Å²) in [5, 5.41) is 2.76. The van der Waals surface area contributed by atoms with Gasteiger partial charge in [0.1, 0.15) is 0 Å². The lowest BCUT2D eigenvalue weighted by molar-refractivity contribution is -0.127. The summed E-state index contributed by atoms with van der Waals surface area (Å²) < 4.78 is 0.